The molecule has 1 unspecified atom stereocenters. The van der Waals surface area contributed by atoms with E-state index in [9.17, 15) is 4.79 Å². The number of hydrogen-bond donors (Lipinski definition) is 0. The average Bonchev–Trinajstić information content (AvgIpc) is 2.97. The Kier molecular flexibility index (Phi) is 6.03. The van der Waals surface area contributed by atoms with E-state index >= 15 is 0 Å². The standard InChI is InChI=1S/C17H17ClN2O2S/c1-3-20(11-15-8-9-16(18)23-15)17(21)12(2)22-14-6-4-13(10-19)5-7-14/h4-9,12H,3,11H2,1-2H3. The third kappa shape index (κ3) is 4.72. The predicted molar refractivity (Wildman–Crippen MR) is 91.7 cm³/mol. The van der Waals surface area contributed by atoms with Crippen molar-refractivity contribution in [1.29, 1.82) is 5.26 Å². The van der Waals surface area contributed by atoms with Crippen LogP contribution in [0.15, 0.2) is 36.4 Å². The molecule has 120 valence electrons. The molecule has 0 fully saturated rings. The summed E-state index contributed by atoms with van der Waals surface area (Å²) in [6, 6.07) is 12.5. The van der Waals surface area contributed by atoms with E-state index in [1.165, 1.54) is 11.3 Å². The van der Waals surface area contributed by atoms with Crippen molar-refractivity contribution in [2.45, 2.75) is 26.5 Å². The molecule has 0 saturated heterocycles. The van der Waals surface area contributed by atoms with Crippen LogP contribution >= 0.6 is 22.9 Å². The average molecular weight is 349 g/mol. The second kappa shape index (κ2) is 8.00. The lowest BCUT2D eigenvalue weighted by atomic mass is 10.2. The highest BCUT2D eigenvalue weighted by atomic mass is 35.5. The molecule has 0 bridgehead atoms. The second-order valence-electron chi connectivity index (χ2n) is 4.95. The fourth-order valence-corrected chi connectivity index (χ4v) is 3.19. The highest BCUT2D eigenvalue weighted by Crippen LogP contribution is 2.23. The van der Waals surface area contributed by atoms with Crippen LogP contribution in [0.25, 0.3) is 0 Å². The molecule has 1 aromatic carbocycles. The maximum Gasteiger partial charge on any atom is 0.263 e. The van der Waals surface area contributed by atoms with Crippen molar-refractivity contribution in [1.82, 2.24) is 4.90 Å². The quantitative estimate of drug-likeness (QED) is 0.790. The highest BCUT2D eigenvalue weighted by Gasteiger charge is 2.21. The first-order valence-corrected chi connectivity index (χ1v) is 8.42. The first kappa shape index (κ1) is 17.3. The molecule has 0 saturated carbocycles. The molecule has 23 heavy (non-hydrogen) atoms. The molecule has 6 heteroatoms. The monoisotopic (exact) mass is 348 g/mol. The van der Waals surface area contributed by atoms with Crippen LogP contribution in [0.5, 0.6) is 5.75 Å². The zero-order valence-corrected chi connectivity index (χ0v) is 14.5. The van der Waals surface area contributed by atoms with Crippen LogP contribution in [0.1, 0.15) is 24.3 Å². The SMILES string of the molecule is CCN(Cc1ccc(Cl)s1)C(=O)C(C)Oc1ccc(C#N)cc1. The number of nitriles is 1. The van der Waals surface area contributed by atoms with Gasteiger partial charge in [-0.3, -0.25) is 4.79 Å². The number of hydrogen-bond acceptors (Lipinski definition) is 4. The number of amides is 1. The Balaban J connectivity index is 1.99. The molecule has 1 amide bonds. The Hall–Kier alpha value is -2.03. The van der Waals surface area contributed by atoms with Crippen LogP contribution < -0.4 is 4.74 Å². The number of thiophene rings is 1. The topological polar surface area (TPSA) is 53.3 Å². The molecule has 2 rings (SSSR count). The number of halogens is 1. The highest BCUT2D eigenvalue weighted by molar-refractivity contribution is 7.16. The number of rotatable bonds is 6. The zero-order valence-electron chi connectivity index (χ0n) is 13.0. The predicted octanol–water partition coefficient (Wildman–Crippen LogP) is 4.09. The van der Waals surface area contributed by atoms with E-state index < -0.39 is 6.10 Å². The van der Waals surface area contributed by atoms with Crippen molar-refractivity contribution in [3.63, 3.8) is 0 Å². The number of nitrogens with zero attached hydrogens (tertiary/aromatic N) is 2. The number of benzene rings is 1. The van der Waals surface area contributed by atoms with Gasteiger partial charge >= 0.3 is 0 Å². The normalized spacial score (nSPS) is 11.6. The largest absolute Gasteiger partial charge is 0.481 e. The number of likely N-dealkylation sites (N-methyl/N-ethyl adjacent to an activating group) is 1. The van der Waals surface area contributed by atoms with Gasteiger partial charge in [0.15, 0.2) is 6.10 Å². The first-order valence-electron chi connectivity index (χ1n) is 7.23. The third-order valence-electron chi connectivity index (χ3n) is 3.31. The molecule has 1 atom stereocenters. The summed E-state index contributed by atoms with van der Waals surface area (Å²) in [5.41, 5.74) is 0.557. The maximum atomic E-state index is 12.5. The van der Waals surface area contributed by atoms with E-state index in [2.05, 4.69) is 0 Å². The van der Waals surface area contributed by atoms with Gasteiger partial charge in [-0.1, -0.05) is 11.6 Å². The number of carbonyl (C=O) groups is 1. The molecule has 0 spiro atoms. The minimum atomic E-state index is -0.599. The third-order valence-corrected chi connectivity index (χ3v) is 4.53. The molecule has 2 aromatic rings. The van der Waals surface area contributed by atoms with Crippen LogP contribution in [0.3, 0.4) is 0 Å². The number of ether oxygens (including phenoxy) is 1. The maximum absolute atomic E-state index is 12.5. The Morgan fingerprint density at radius 3 is 2.57 bits per heavy atom. The molecule has 0 aliphatic rings. The van der Waals surface area contributed by atoms with Crippen molar-refractivity contribution >= 4 is 28.8 Å². The van der Waals surface area contributed by atoms with Gasteiger partial charge in [0, 0.05) is 11.4 Å². The fourth-order valence-electron chi connectivity index (χ4n) is 2.09. The van der Waals surface area contributed by atoms with Crippen molar-refractivity contribution < 1.29 is 9.53 Å². The Bertz CT molecular complexity index is 706. The summed E-state index contributed by atoms with van der Waals surface area (Å²) in [5, 5.41) is 8.79. The molecule has 0 aliphatic heterocycles. The van der Waals surface area contributed by atoms with Crippen LogP contribution in [-0.2, 0) is 11.3 Å². The molecule has 1 heterocycles. The minimum Gasteiger partial charge on any atom is -0.481 e. The van der Waals surface area contributed by atoms with Crippen LogP contribution in [0, 0.1) is 11.3 Å². The van der Waals surface area contributed by atoms with Gasteiger partial charge in [-0.25, -0.2) is 0 Å². The van der Waals surface area contributed by atoms with Gasteiger partial charge in [0.1, 0.15) is 5.75 Å². The van der Waals surface area contributed by atoms with Gasteiger partial charge in [0.25, 0.3) is 5.91 Å². The lowest BCUT2D eigenvalue weighted by molar-refractivity contribution is -0.138. The fraction of sp³-hybridized carbons (Fsp3) is 0.294. The summed E-state index contributed by atoms with van der Waals surface area (Å²) >= 11 is 7.40. The summed E-state index contributed by atoms with van der Waals surface area (Å²) in [7, 11) is 0. The lowest BCUT2D eigenvalue weighted by Crippen LogP contribution is -2.39. The van der Waals surface area contributed by atoms with Gasteiger partial charge < -0.3 is 9.64 Å². The van der Waals surface area contributed by atoms with Gasteiger partial charge in [0.05, 0.1) is 22.5 Å². The van der Waals surface area contributed by atoms with Crippen molar-refractivity contribution in [3.05, 3.63) is 51.2 Å². The van der Waals surface area contributed by atoms with Crippen molar-refractivity contribution in [3.8, 4) is 11.8 Å². The van der Waals surface area contributed by atoms with E-state index in [-0.39, 0.29) is 5.91 Å². The van der Waals surface area contributed by atoms with E-state index in [4.69, 9.17) is 21.6 Å². The first-order chi connectivity index (χ1) is 11.0. The smallest absolute Gasteiger partial charge is 0.263 e. The minimum absolute atomic E-state index is 0.0821. The molecule has 1 aromatic heterocycles. The molecular weight excluding hydrogens is 332 g/mol. The van der Waals surface area contributed by atoms with Crippen LogP contribution in [-0.4, -0.2) is 23.5 Å². The van der Waals surface area contributed by atoms with E-state index in [0.717, 1.165) is 4.88 Å². The summed E-state index contributed by atoms with van der Waals surface area (Å²) in [4.78, 5) is 15.3. The molecule has 0 N–H and O–H groups in total. The van der Waals surface area contributed by atoms with E-state index in [1.54, 1.807) is 36.1 Å². The van der Waals surface area contributed by atoms with Gasteiger partial charge in [-0.15, -0.1) is 11.3 Å². The van der Waals surface area contributed by atoms with Crippen LogP contribution in [0.4, 0.5) is 0 Å². The Morgan fingerprint density at radius 2 is 2.04 bits per heavy atom. The van der Waals surface area contributed by atoms with Gasteiger partial charge in [-0.05, 0) is 50.2 Å². The van der Waals surface area contributed by atoms with Gasteiger partial charge in [-0.2, -0.15) is 5.26 Å². The van der Waals surface area contributed by atoms with E-state index in [1.807, 2.05) is 25.1 Å². The summed E-state index contributed by atoms with van der Waals surface area (Å²) < 4.78 is 6.39. The summed E-state index contributed by atoms with van der Waals surface area (Å²) in [6.07, 6.45) is -0.599. The molecule has 4 nitrogen and oxygen atoms in total. The summed E-state index contributed by atoms with van der Waals surface area (Å²) in [5.74, 6) is 0.487. The molecule has 0 aliphatic carbocycles. The Morgan fingerprint density at radius 1 is 1.35 bits per heavy atom. The molecular formula is C17H17ClN2O2S. The lowest BCUT2D eigenvalue weighted by Gasteiger charge is -2.24. The zero-order chi connectivity index (χ0) is 16.8. The van der Waals surface area contributed by atoms with E-state index in [0.29, 0.717) is 28.7 Å². The molecule has 0 radical (unpaired) electrons. The van der Waals surface area contributed by atoms with Crippen LogP contribution in [0.2, 0.25) is 4.34 Å². The van der Waals surface area contributed by atoms with Gasteiger partial charge in [0.2, 0.25) is 0 Å². The van der Waals surface area contributed by atoms with Crippen molar-refractivity contribution in [2.75, 3.05) is 6.54 Å². The second-order valence-corrected chi connectivity index (χ2v) is 6.75. The Labute approximate surface area is 144 Å². The van der Waals surface area contributed by atoms with Crippen molar-refractivity contribution in [2.24, 2.45) is 0 Å². The number of carbonyl (C=O) groups excluding carboxylic acids is 1. The summed E-state index contributed by atoms with van der Waals surface area (Å²) in [6.45, 7) is 4.77.